The lowest BCUT2D eigenvalue weighted by Gasteiger charge is -2.27. The summed E-state index contributed by atoms with van der Waals surface area (Å²) in [6.07, 6.45) is 2.34. The topological polar surface area (TPSA) is 102 Å². The van der Waals surface area contributed by atoms with E-state index in [-0.39, 0.29) is 18.7 Å². The van der Waals surface area contributed by atoms with Crippen LogP contribution in [0.4, 0.5) is 4.79 Å². The molecular formula is C16H20N4O3. The van der Waals surface area contributed by atoms with Gasteiger partial charge in [-0.25, -0.2) is 4.79 Å². The minimum atomic E-state index is -0.731. The van der Waals surface area contributed by atoms with Crippen LogP contribution in [0.2, 0.25) is 0 Å². The Labute approximate surface area is 134 Å². The van der Waals surface area contributed by atoms with E-state index in [0.29, 0.717) is 19.5 Å². The van der Waals surface area contributed by atoms with Gasteiger partial charge in [-0.1, -0.05) is 36.4 Å². The Morgan fingerprint density at radius 3 is 2.70 bits per heavy atom. The molecule has 3 rings (SSSR count). The fourth-order valence-corrected chi connectivity index (χ4v) is 3.02. The Bertz CT molecular complexity index is 631. The summed E-state index contributed by atoms with van der Waals surface area (Å²) in [4.78, 5) is 31.3. The van der Waals surface area contributed by atoms with Gasteiger partial charge in [-0.2, -0.15) is 5.06 Å². The van der Waals surface area contributed by atoms with E-state index in [1.54, 1.807) is 6.08 Å². The molecule has 0 saturated carbocycles. The first-order chi connectivity index (χ1) is 11.1. The molecule has 122 valence electrons. The van der Waals surface area contributed by atoms with Crippen LogP contribution in [0.3, 0.4) is 0 Å². The van der Waals surface area contributed by atoms with Crippen molar-refractivity contribution in [3.63, 3.8) is 0 Å². The van der Waals surface area contributed by atoms with Crippen LogP contribution < -0.4 is 11.5 Å². The fourth-order valence-electron chi connectivity index (χ4n) is 3.02. The number of nitrogens with zero attached hydrogens (tertiary/aromatic N) is 2. The summed E-state index contributed by atoms with van der Waals surface area (Å²) in [7, 11) is 0. The molecule has 2 aliphatic heterocycles. The molecule has 7 nitrogen and oxygen atoms in total. The third-order valence-corrected chi connectivity index (χ3v) is 4.16. The van der Waals surface area contributed by atoms with Gasteiger partial charge in [0.2, 0.25) is 5.91 Å². The van der Waals surface area contributed by atoms with E-state index in [1.165, 1.54) is 9.96 Å². The lowest BCUT2D eigenvalue weighted by Crippen LogP contribution is -2.46. The number of urea groups is 1. The Balaban J connectivity index is 1.78. The molecule has 3 amide bonds. The molecule has 2 atom stereocenters. The van der Waals surface area contributed by atoms with Crippen molar-refractivity contribution in [2.75, 3.05) is 13.1 Å². The van der Waals surface area contributed by atoms with E-state index in [4.69, 9.17) is 16.3 Å². The zero-order chi connectivity index (χ0) is 16.4. The van der Waals surface area contributed by atoms with Crippen molar-refractivity contribution in [2.45, 2.75) is 25.1 Å². The van der Waals surface area contributed by atoms with E-state index in [2.05, 4.69) is 0 Å². The Morgan fingerprint density at radius 1 is 1.30 bits per heavy atom. The van der Waals surface area contributed by atoms with Crippen LogP contribution in [0.25, 0.3) is 0 Å². The van der Waals surface area contributed by atoms with Gasteiger partial charge in [0.25, 0.3) is 0 Å². The molecular weight excluding hydrogens is 296 g/mol. The summed E-state index contributed by atoms with van der Waals surface area (Å²) >= 11 is 0. The highest BCUT2D eigenvalue weighted by Crippen LogP contribution is 2.31. The normalized spacial score (nSPS) is 23.2. The van der Waals surface area contributed by atoms with Crippen molar-refractivity contribution in [3.05, 3.63) is 47.5 Å². The lowest BCUT2D eigenvalue weighted by molar-refractivity contribution is -0.133. The molecule has 23 heavy (non-hydrogen) atoms. The second kappa shape index (κ2) is 6.39. The quantitative estimate of drug-likeness (QED) is 0.740. The van der Waals surface area contributed by atoms with Gasteiger partial charge in [-0.15, -0.1) is 0 Å². The van der Waals surface area contributed by atoms with Crippen LogP contribution in [0.5, 0.6) is 0 Å². The number of hydrogen-bond acceptors (Lipinski definition) is 4. The SMILES string of the molecule is NCCC1=C[C@@H](C(N)=O)N2C[C@@H]1N(OCc1ccccc1)C2=O. The number of rotatable bonds is 6. The molecule has 1 fully saturated rings. The molecule has 0 unspecified atom stereocenters. The van der Waals surface area contributed by atoms with Gasteiger partial charge >= 0.3 is 6.03 Å². The predicted molar refractivity (Wildman–Crippen MR) is 83.7 cm³/mol. The van der Waals surface area contributed by atoms with E-state index in [0.717, 1.165) is 11.1 Å². The minimum absolute atomic E-state index is 0.217. The van der Waals surface area contributed by atoms with E-state index in [1.807, 2.05) is 30.3 Å². The Morgan fingerprint density at radius 2 is 2.04 bits per heavy atom. The van der Waals surface area contributed by atoms with Gasteiger partial charge < -0.3 is 16.4 Å². The molecule has 2 bridgehead atoms. The maximum atomic E-state index is 12.5. The van der Waals surface area contributed by atoms with Gasteiger partial charge in [0, 0.05) is 0 Å². The number of hydrogen-bond donors (Lipinski definition) is 2. The van der Waals surface area contributed by atoms with E-state index >= 15 is 0 Å². The number of carbonyl (C=O) groups is 2. The van der Waals surface area contributed by atoms with Gasteiger partial charge in [-0.05, 0) is 24.1 Å². The van der Waals surface area contributed by atoms with Crippen molar-refractivity contribution in [1.82, 2.24) is 9.96 Å². The van der Waals surface area contributed by atoms with E-state index < -0.39 is 11.9 Å². The van der Waals surface area contributed by atoms with Crippen molar-refractivity contribution in [2.24, 2.45) is 11.5 Å². The van der Waals surface area contributed by atoms with Crippen LogP contribution in [-0.4, -0.2) is 47.1 Å². The summed E-state index contributed by atoms with van der Waals surface area (Å²) in [5.74, 6) is -0.545. The Hall–Kier alpha value is -2.38. The van der Waals surface area contributed by atoms with Crippen LogP contribution in [-0.2, 0) is 16.2 Å². The standard InChI is InChI=1S/C16H20N4O3/c17-7-6-12-8-13(15(18)21)19-9-14(12)20(16(19)22)23-10-11-4-2-1-3-5-11/h1-5,8,13-14H,6-7,9-10,17H2,(H2,18,21)/t13-,14-/m0/s1. The second-order valence-electron chi connectivity index (χ2n) is 5.66. The first-order valence-corrected chi connectivity index (χ1v) is 7.58. The van der Waals surface area contributed by atoms with Crippen molar-refractivity contribution >= 4 is 11.9 Å². The molecule has 4 N–H and O–H groups in total. The molecule has 0 radical (unpaired) electrons. The molecule has 2 heterocycles. The molecule has 0 spiro atoms. The van der Waals surface area contributed by atoms with Gasteiger partial charge in [0.1, 0.15) is 18.7 Å². The van der Waals surface area contributed by atoms with Crippen molar-refractivity contribution in [1.29, 1.82) is 0 Å². The summed E-state index contributed by atoms with van der Waals surface area (Å²) in [5, 5.41) is 1.34. The second-order valence-corrected chi connectivity index (χ2v) is 5.66. The third kappa shape index (κ3) is 2.93. The zero-order valence-electron chi connectivity index (χ0n) is 12.7. The highest BCUT2D eigenvalue weighted by Gasteiger charge is 2.47. The summed E-state index contributed by atoms with van der Waals surface area (Å²) in [5.41, 5.74) is 12.9. The number of fused-ring (bicyclic) bond motifs is 2. The first kappa shape index (κ1) is 15.5. The summed E-state index contributed by atoms with van der Waals surface area (Å²) in [6, 6.07) is 8.31. The fraction of sp³-hybridized carbons (Fsp3) is 0.375. The molecule has 7 heteroatoms. The average molecular weight is 316 g/mol. The molecule has 1 aromatic carbocycles. The molecule has 1 saturated heterocycles. The van der Waals surface area contributed by atoms with E-state index in [9.17, 15) is 9.59 Å². The minimum Gasteiger partial charge on any atom is -0.368 e. The molecule has 0 aromatic heterocycles. The van der Waals surface area contributed by atoms with Gasteiger partial charge in [0.15, 0.2) is 0 Å². The largest absolute Gasteiger partial charge is 0.368 e. The monoisotopic (exact) mass is 316 g/mol. The molecule has 1 aromatic rings. The lowest BCUT2D eigenvalue weighted by atomic mass is 9.97. The number of amides is 3. The maximum Gasteiger partial charge on any atom is 0.345 e. The van der Waals surface area contributed by atoms with Gasteiger partial charge in [-0.3, -0.25) is 9.63 Å². The van der Waals surface area contributed by atoms with Crippen LogP contribution in [0.15, 0.2) is 42.0 Å². The number of hydroxylamine groups is 2. The number of nitrogens with two attached hydrogens (primary N) is 2. The van der Waals surface area contributed by atoms with Gasteiger partial charge in [0.05, 0.1) is 6.54 Å². The first-order valence-electron chi connectivity index (χ1n) is 7.58. The predicted octanol–water partition coefficient (Wildman–Crippen LogP) is 0.367. The highest BCUT2D eigenvalue weighted by molar-refractivity contribution is 5.90. The van der Waals surface area contributed by atoms with Crippen molar-refractivity contribution in [3.8, 4) is 0 Å². The zero-order valence-corrected chi connectivity index (χ0v) is 12.7. The highest BCUT2D eigenvalue weighted by atomic mass is 16.7. The van der Waals surface area contributed by atoms with Crippen LogP contribution >= 0.6 is 0 Å². The number of primary amides is 1. The summed E-state index contributed by atoms with van der Waals surface area (Å²) in [6.45, 7) is 1.12. The van der Waals surface area contributed by atoms with Crippen molar-refractivity contribution < 1.29 is 14.4 Å². The average Bonchev–Trinajstić information content (AvgIpc) is 2.82. The number of carbonyl (C=O) groups excluding carboxylic acids is 2. The number of benzene rings is 1. The summed E-state index contributed by atoms with van der Waals surface area (Å²) < 4.78 is 0. The van der Waals surface area contributed by atoms with Crippen LogP contribution in [0.1, 0.15) is 12.0 Å². The maximum absolute atomic E-state index is 12.5. The molecule has 2 aliphatic rings. The van der Waals surface area contributed by atoms with Crippen LogP contribution in [0, 0.1) is 0 Å². The Kier molecular flexibility index (Phi) is 4.31. The molecule has 0 aliphatic carbocycles. The smallest absolute Gasteiger partial charge is 0.345 e. The third-order valence-electron chi connectivity index (χ3n) is 4.16.